The second kappa shape index (κ2) is 3.39. The fourth-order valence-corrected chi connectivity index (χ4v) is 1.06. The first-order valence-electron chi connectivity index (χ1n) is 3.73. The number of nitrogens with one attached hydrogen (secondary N) is 1. The van der Waals surface area contributed by atoms with Gasteiger partial charge in [0, 0.05) is 17.9 Å². The molecule has 0 saturated carbocycles. The van der Waals surface area contributed by atoms with Crippen LogP contribution in [0.4, 0.5) is 0 Å². The number of rotatable bonds is 3. The van der Waals surface area contributed by atoms with Gasteiger partial charge in [-0.25, -0.2) is 0 Å². The van der Waals surface area contributed by atoms with Gasteiger partial charge in [-0.1, -0.05) is 5.57 Å². The molecule has 1 heterocycles. The summed E-state index contributed by atoms with van der Waals surface area (Å²) in [6.07, 6.45) is 2.73. The summed E-state index contributed by atoms with van der Waals surface area (Å²) in [4.78, 5) is 3.08. The van der Waals surface area contributed by atoms with Crippen LogP contribution in [-0.4, -0.2) is 4.98 Å². The fraction of sp³-hybridized carbons (Fsp3) is 0.333. The quantitative estimate of drug-likeness (QED) is 0.635. The lowest BCUT2D eigenvalue weighted by Gasteiger charge is -2.08. The van der Waals surface area contributed by atoms with Gasteiger partial charge in [0.05, 0.1) is 0 Å². The van der Waals surface area contributed by atoms with Crippen molar-refractivity contribution >= 4 is 0 Å². The third-order valence-electron chi connectivity index (χ3n) is 1.59. The maximum atomic E-state index is 5.85. The molecule has 0 aromatic carbocycles. The van der Waals surface area contributed by atoms with Crippen LogP contribution >= 0.6 is 0 Å². The highest BCUT2D eigenvalue weighted by Gasteiger charge is 2.04. The molecule has 1 atom stereocenters. The molecule has 11 heavy (non-hydrogen) atoms. The minimum Gasteiger partial charge on any atom is -0.364 e. The molecule has 0 amide bonds. The molecular weight excluding hydrogens is 136 g/mol. The van der Waals surface area contributed by atoms with E-state index in [0.717, 1.165) is 17.7 Å². The summed E-state index contributed by atoms with van der Waals surface area (Å²) >= 11 is 0. The van der Waals surface area contributed by atoms with Crippen LogP contribution in [0.3, 0.4) is 0 Å². The van der Waals surface area contributed by atoms with E-state index in [4.69, 9.17) is 5.73 Å². The first kappa shape index (κ1) is 8.08. The third kappa shape index (κ3) is 2.24. The standard InChI is InChI=1S/C9H14N2/c1-7(2)6-8(10)9-4-3-5-11-9/h3-5,8,11H,1,6,10H2,2H3/t8-/m1/s1. The van der Waals surface area contributed by atoms with E-state index in [0.29, 0.717) is 0 Å². The number of H-pyrrole nitrogens is 1. The molecular formula is C9H14N2. The van der Waals surface area contributed by atoms with Crippen molar-refractivity contribution < 1.29 is 0 Å². The van der Waals surface area contributed by atoms with Crippen LogP contribution in [-0.2, 0) is 0 Å². The summed E-state index contributed by atoms with van der Waals surface area (Å²) in [7, 11) is 0. The maximum absolute atomic E-state index is 5.85. The molecule has 0 aliphatic rings. The van der Waals surface area contributed by atoms with E-state index >= 15 is 0 Å². The minimum atomic E-state index is 0.0718. The highest BCUT2D eigenvalue weighted by molar-refractivity contribution is 5.11. The van der Waals surface area contributed by atoms with Crippen molar-refractivity contribution in [3.05, 3.63) is 36.2 Å². The molecule has 60 valence electrons. The van der Waals surface area contributed by atoms with Crippen LogP contribution in [0.2, 0.25) is 0 Å². The molecule has 0 saturated heterocycles. The van der Waals surface area contributed by atoms with Crippen LogP contribution in [0.15, 0.2) is 30.5 Å². The normalized spacial score (nSPS) is 12.9. The van der Waals surface area contributed by atoms with Gasteiger partial charge in [0.2, 0.25) is 0 Å². The number of aromatic nitrogens is 1. The number of hydrogen-bond donors (Lipinski definition) is 2. The monoisotopic (exact) mass is 150 g/mol. The Hall–Kier alpha value is -1.02. The van der Waals surface area contributed by atoms with Crippen molar-refractivity contribution in [3.63, 3.8) is 0 Å². The van der Waals surface area contributed by atoms with Gasteiger partial charge >= 0.3 is 0 Å². The predicted octanol–water partition coefficient (Wildman–Crippen LogP) is 1.98. The summed E-state index contributed by atoms with van der Waals surface area (Å²) in [5.41, 5.74) is 8.04. The smallest absolute Gasteiger partial charge is 0.0485 e. The van der Waals surface area contributed by atoms with Gasteiger partial charge in [0.25, 0.3) is 0 Å². The molecule has 1 aromatic heterocycles. The second-order valence-corrected chi connectivity index (χ2v) is 2.89. The molecule has 0 spiro atoms. The third-order valence-corrected chi connectivity index (χ3v) is 1.59. The Balaban J connectivity index is 2.56. The molecule has 0 unspecified atom stereocenters. The van der Waals surface area contributed by atoms with E-state index in [1.165, 1.54) is 0 Å². The predicted molar refractivity (Wildman–Crippen MR) is 47.2 cm³/mol. The van der Waals surface area contributed by atoms with Gasteiger partial charge in [-0.15, -0.1) is 6.58 Å². The molecule has 1 aromatic rings. The van der Waals surface area contributed by atoms with Gasteiger partial charge in [0.1, 0.15) is 0 Å². The second-order valence-electron chi connectivity index (χ2n) is 2.89. The van der Waals surface area contributed by atoms with Crippen LogP contribution in [0.25, 0.3) is 0 Å². The van der Waals surface area contributed by atoms with Crippen molar-refractivity contribution in [2.75, 3.05) is 0 Å². The summed E-state index contributed by atoms with van der Waals surface area (Å²) in [6.45, 7) is 5.80. The Morgan fingerprint density at radius 2 is 2.55 bits per heavy atom. The van der Waals surface area contributed by atoms with E-state index in [2.05, 4.69) is 11.6 Å². The molecule has 3 N–H and O–H groups in total. The van der Waals surface area contributed by atoms with E-state index in [1.54, 1.807) is 0 Å². The van der Waals surface area contributed by atoms with Gasteiger partial charge in [-0.05, 0) is 25.5 Å². The Morgan fingerprint density at radius 1 is 1.82 bits per heavy atom. The lowest BCUT2D eigenvalue weighted by atomic mass is 10.1. The maximum Gasteiger partial charge on any atom is 0.0485 e. The first-order chi connectivity index (χ1) is 5.20. The summed E-state index contributed by atoms with van der Waals surface area (Å²) in [5, 5.41) is 0. The van der Waals surface area contributed by atoms with E-state index in [1.807, 2.05) is 25.3 Å². The highest BCUT2D eigenvalue weighted by atomic mass is 14.8. The van der Waals surface area contributed by atoms with E-state index in [9.17, 15) is 0 Å². The molecule has 2 nitrogen and oxygen atoms in total. The van der Waals surface area contributed by atoms with Crippen molar-refractivity contribution in [3.8, 4) is 0 Å². The molecule has 0 bridgehead atoms. The van der Waals surface area contributed by atoms with Gasteiger partial charge in [0.15, 0.2) is 0 Å². The summed E-state index contributed by atoms with van der Waals surface area (Å²) in [5.74, 6) is 0. The molecule has 2 heteroatoms. The van der Waals surface area contributed by atoms with Crippen molar-refractivity contribution in [1.29, 1.82) is 0 Å². The lowest BCUT2D eigenvalue weighted by molar-refractivity contribution is 0.697. The summed E-state index contributed by atoms with van der Waals surface area (Å²) in [6, 6.07) is 4.02. The van der Waals surface area contributed by atoms with Gasteiger partial charge in [-0.2, -0.15) is 0 Å². The van der Waals surface area contributed by atoms with Crippen LogP contribution in [0.5, 0.6) is 0 Å². The van der Waals surface area contributed by atoms with Crippen molar-refractivity contribution in [2.45, 2.75) is 19.4 Å². The molecule has 0 radical (unpaired) electrons. The topological polar surface area (TPSA) is 41.8 Å². The zero-order chi connectivity index (χ0) is 8.27. The number of nitrogens with two attached hydrogens (primary N) is 1. The van der Waals surface area contributed by atoms with E-state index in [-0.39, 0.29) is 6.04 Å². The molecule has 0 aliphatic carbocycles. The Kier molecular flexibility index (Phi) is 2.49. The Labute approximate surface area is 67.1 Å². The van der Waals surface area contributed by atoms with E-state index < -0.39 is 0 Å². The Bertz CT molecular complexity index is 224. The largest absolute Gasteiger partial charge is 0.364 e. The fourth-order valence-electron chi connectivity index (χ4n) is 1.06. The average molecular weight is 150 g/mol. The first-order valence-corrected chi connectivity index (χ1v) is 3.73. The molecule has 0 aliphatic heterocycles. The highest BCUT2D eigenvalue weighted by Crippen LogP contribution is 2.14. The zero-order valence-corrected chi connectivity index (χ0v) is 6.80. The van der Waals surface area contributed by atoms with Crippen molar-refractivity contribution in [1.82, 2.24) is 4.98 Å². The van der Waals surface area contributed by atoms with Crippen molar-refractivity contribution in [2.24, 2.45) is 5.73 Å². The van der Waals surface area contributed by atoms with Gasteiger partial charge in [-0.3, -0.25) is 0 Å². The van der Waals surface area contributed by atoms with Crippen LogP contribution in [0, 0.1) is 0 Å². The molecule has 0 fully saturated rings. The number of aromatic amines is 1. The minimum absolute atomic E-state index is 0.0718. The van der Waals surface area contributed by atoms with Crippen LogP contribution in [0.1, 0.15) is 25.1 Å². The Morgan fingerprint density at radius 3 is 3.00 bits per heavy atom. The zero-order valence-electron chi connectivity index (χ0n) is 6.80. The average Bonchev–Trinajstić information content (AvgIpc) is 2.35. The molecule has 1 rings (SSSR count). The summed E-state index contributed by atoms with van der Waals surface area (Å²) < 4.78 is 0. The number of hydrogen-bond acceptors (Lipinski definition) is 1. The van der Waals surface area contributed by atoms with Crippen LogP contribution < -0.4 is 5.73 Å². The SMILES string of the molecule is C=C(C)C[C@@H](N)c1ccc[nH]1. The van der Waals surface area contributed by atoms with Gasteiger partial charge < -0.3 is 10.7 Å². The lowest BCUT2D eigenvalue weighted by Crippen LogP contribution is -2.10.